The zero-order valence-corrected chi connectivity index (χ0v) is 12.5. The van der Waals surface area contributed by atoms with Crippen LogP contribution in [0.2, 0.25) is 0 Å². The summed E-state index contributed by atoms with van der Waals surface area (Å²) in [7, 11) is 0. The Morgan fingerprint density at radius 2 is 1.74 bits per heavy atom. The maximum absolute atomic E-state index is 13.0. The summed E-state index contributed by atoms with van der Waals surface area (Å²) in [5, 5.41) is 7.80. The van der Waals surface area contributed by atoms with Crippen LogP contribution < -0.4 is 0 Å². The Morgan fingerprint density at radius 3 is 2.48 bits per heavy atom. The molecule has 0 fully saturated rings. The van der Waals surface area contributed by atoms with Gasteiger partial charge < -0.3 is 0 Å². The van der Waals surface area contributed by atoms with Gasteiger partial charge in [0.25, 0.3) is 0 Å². The van der Waals surface area contributed by atoms with Crippen LogP contribution in [0.5, 0.6) is 0 Å². The van der Waals surface area contributed by atoms with E-state index in [0.717, 1.165) is 11.6 Å². The van der Waals surface area contributed by atoms with E-state index in [1.807, 2.05) is 19.1 Å². The molecule has 0 amide bonds. The smallest absolute Gasteiger partial charge is 0.283 e. The van der Waals surface area contributed by atoms with Gasteiger partial charge in [-0.1, -0.05) is 18.2 Å². The van der Waals surface area contributed by atoms with Gasteiger partial charge in [0.1, 0.15) is 5.65 Å². The molecule has 0 N–H and O–H groups in total. The van der Waals surface area contributed by atoms with Crippen LogP contribution in [-0.2, 0) is 6.18 Å². The minimum absolute atomic E-state index is 0.220. The van der Waals surface area contributed by atoms with Crippen LogP contribution in [0.25, 0.3) is 5.65 Å². The summed E-state index contributed by atoms with van der Waals surface area (Å²) in [4.78, 5) is 4.38. The number of pyridine rings is 1. The predicted molar refractivity (Wildman–Crippen MR) is 80.3 cm³/mol. The quantitative estimate of drug-likeness (QED) is 0.584. The number of fused-ring (bicyclic) bond motifs is 1. The molecule has 0 aliphatic rings. The van der Waals surface area contributed by atoms with Crippen molar-refractivity contribution >= 4 is 17.2 Å². The predicted octanol–water partition coefficient (Wildman–Crippen LogP) is 5.39. The minimum Gasteiger partial charge on any atom is -0.283 e. The normalized spacial score (nSPS) is 12.4. The maximum Gasteiger partial charge on any atom is 0.418 e. The summed E-state index contributed by atoms with van der Waals surface area (Å²) >= 11 is 0. The average molecular weight is 318 g/mol. The summed E-state index contributed by atoms with van der Waals surface area (Å²) in [5.41, 5.74) is 1.23. The highest BCUT2D eigenvalue weighted by atomic mass is 19.4. The molecule has 3 aromatic rings. The molecule has 0 saturated carbocycles. The second-order valence-electron chi connectivity index (χ2n) is 5.12. The van der Waals surface area contributed by atoms with Gasteiger partial charge in [0.05, 0.1) is 16.9 Å². The number of hydrogen-bond donors (Lipinski definition) is 0. The van der Waals surface area contributed by atoms with Crippen molar-refractivity contribution in [3.63, 3.8) is 0 Å². The van der Waals surface area contributed by atoms with E-state index in [2.05, 4.69) is 15.2 Å². The van der Waals surface area contributed by atoms with Gasteiger partial charge in [-0.2, -0.15) is 13.2 Å². The summed E-state index contributed by atoms with van der Waals surface area (Å²) in [6.07, 6.45) is -2.72. The van der Waals surface area contributed by atoms with E-state index in [4.69, 9.17) is 0 Å². The number of imidazole rings is 1. The van der Waals surface area contributed by atoms with E-state index < -0.39 is 11.7 Å². The van der Waals surface area contributed by atoms with Crippen LogP contribution >= 0.6 is 0 Å². The summed E-state index contributed by atoms with van der Waals surface area (Å²) in [5.74, 6) is 0.417. The molecule has 0 radical (unpaired) electrons. The summed E-state index contributed by atoms with van der Waals surface area (Å²) < 4.78 is 40.7. The molecule has 3 rings (SSSR count). The standard InChI is InChI=1S/C16H13F3N4/c1-10-6-5-9-23-14(10)20-11(2)15(23)22-21-13-8-4-3-7-12(13)16(17,18)19/h3-9H,1-2H3. The molecule has 1 aromatic carbocycles. The van der Waals surface area contributed by atoms with Crippen molar-refractivity contribution in [1.29, 1.82) is 0 Å². The zero-order valence-electron chi connectivity index (χ0n) is 12.5. The Balaban J connectivity index is 2.09. The third-order valence-corrected chi connectivity index (χ3v) is 3.45. The topological polar surface area (TPSA) is 42.0 Å². The van der Waals surface area contributed by atoms with Crippen LogP contribution in [0, 0.1) is 13.8 Å². The molecule has 2 aromatic heterocycles. The van der Waals surface area contributed by atoms with E-state index in [1.54, 1.807) is 17.5 Å². The fraction of sp³-hybridized carbons (Fsp3) is 0.188. The molecule has 0 spiro atoms. The van der Waals surface area contributed by atoms with E-state index in [9.17, 15) is 13.2 Å². The highest BCUT2D eigenvalue weighted by molar-refractivity contribution is 5.56. The van der Waals surface area contributed by atoms with Crippen molar-refractivity contribution < 1.29 is 13.2 Å². The highest BCUT2D eigenvalue weighted by Gasteiger charge is 2.33. The average Bonchev–Trinajstić information content (AvgIpc) is 2.82. The molecule has 0 unspecified atom stereocenters. The Labute approximate surface area is 130 Å². The maximum atomic E-state index is 13.0. The molecule has 0 atom stereocenters. The lowest BCUT2D eigenvalue weighted by atomic mass is 10.2. The fourth-order valence-corrected chi connectivity index (χ4v) is 2.33. The first-order valence-electron chi connectivity index (χ1n) is 6.90. The van der Waals surface area contributed by atoms with Gasteiger partial charge in [-0.3, -0.25) is 4.40 Å². The van der Waals surface area contributed by atoms with Crippen molar-refractivity contribution in [2.24, 2.45) is 10.2 Å². The number of alkyl halides is 3. The third-order valence-electron chi connectivity index (χ3n) is 3.45. The molecular formula is C16H13F3N4. The van der Waals surface area contributed by atoms with E-state index in [-0.39, 0.29) is 5.69 Å². The van der Waals surface area contributed by atoms with E-state index >= 15 is 0 Å². The lowest BCUT2D eigenvalue weighted by molar-refractivity contribution is -0.137. The number of aryl methyl sites for hydroxylation is 2. The monoisotopic (exact) mass is 318 g/mol. The number of azo groups is 1. The number of rotatable bonds is 2. The first-order chi connectivity index (χ1) is 10.9. The minimum atomic E-state index is -4.47. The summed E-state index contributed by atoms with van der Waals surface area (Å²) in [6, 6.07) is 8.82. The molecule has 0 aliphatic heterocycles. The lowest BCUT2D eigenvalue weighted by Crippen LogP contribution is -2.04. The SMILES string of the molecule is Cc1nc2c(C)cccn2c1N=Nc1ccccc1C(F)(F)F. The van der Waals surface area contributed by atoms with Crippen molar-refractivity contribution in [2.45, 2.75) is 20.0 Å². The Hall–Kier alpha value is -2.70. The molecule has 0 bridgehead atoms. The third kappa shape index (κ3) is 2.81. The number of hydrogen-bond acceptors (Lipinski definition) is 3. The van der Waals surface area contributed by atoms with Gasteiger partial charge in [0.15, 0.2) is 5.82 Å². The Kier molecular flexibility index (Phi) is 3.63. The van der Waals surface area contributed by atoms with Crippen LogP contribution in [0.4, 0.5) is 24.7 Å². The molecule has 2 heterocycles. The molecule has 118 valence electrons. The van der Waals surface area contributed by atoms with Crippen LogP contribution in [0.3, 0.4) is 0 Å². The first kappa shape index (κ1) is 15.2. The number of nitrogens with zero attached hydrogens (tertiary/aromatic N) is 4. The van der Waals surface area contributed by atoms with Gasteiger partial charge >= 0.3 is 6.18 Å². The second-order valence-corrected chi connectivity index (χ2v) is 5.12. The van der Waals surface area contributed by atoms with E-state index in [0.29, 0.717) is 17.2 Å². The largest absolute Gasteiger partial charge is 0.418 e. The number of halogens is 3. The Bertz CT molecular complexity index is 894. The van der Waals surface area contributed by atoms with Gasteiger partial charge in [-0.15, -0.1) is 10.2 Å². The van der Waals surface area contributed by atoms with Gasteiger partial charge in [-0.25, -0.2) is 4.98 Å². The first-order valence-corrected chi connectivity index (χ1v) is 6.90. The summed E-state index contributed by atoms with van der Waals surface area (Å²) in [6.45, 7) is 3.65. The lowest BCUT2D eigenvalue weighted by Gasteiger charge is -2.08. The van der Waals surface area contributed by atoms with Crippen molar-refractivity contribution in [1.82, 2.24) is 9.38 Å². The fourth-order valence-electron chi connectivity index (χ4n) is 2.33. The van der Waals surface area contributed by atoms with Crippen molar-refractivity contribution in [2.75, 3.05) is 0 Å². The van der Waals surface area contributed by atoms with Gasteiger partial charge in [0.2, 0.25) is 0 Å². The van der Waals surface area contributed by atoms with Crippen LogP contribution in [-0.4, -0.2) is 9.38 Å². The molecule has 7 heteroatoms. The highest BCUT2D eigenvalue weighted by Crippen LogP contribution is 2.37. The van der Waals surface area contributed by atoms with Crippen LogP contribution in [0.15, 0.2) is 52.8 Å². The molecule has 4 nitrogen and oxygen atoms in total. The zero-order chi connectivity index (χ0) is 16.6. The van der Waals surface area contributed by atoms with Crippen molar-refractivity contribution in [3.8, 4) is 0 Å². The Morgan fingerprint density at radius 1 is 1.00 bits per heavy atom. The number of aromatic nitrogens is 2. The van der Waals surface area contributed by atoms with E-state index in [1.165, 1.54) is 18.2 Å². The van der Waals surface area contributed by atoms with Crippen molar-refractivity contribution in [3.05, 3.63) is 59.4 Å². The van der Waals surface area contributed by atoms with Crippen LogP contribution in [0.1, 0.15) is 16.8 Å². The number of benzene rings is 1. The molecule has 0 aliphatic carbocycles. The molecular weight excluding hydrogens is 305 g/mol. The second kappa shape index (κ2) is 5.49. The van der Waals surface area contributed by atoms with Gasteiger partial charge in [0, 0.05) is 6.20 Å². The molecule has 0 saturated heterocycles. The van der Waals surface area contributed by atoms with Gasteiger partial charge in [-0.05, 0) is 37.6 Å². The molecule has 23 heavy (non-hydrogen) atoms.